The molecule has 1 spiro atoms. The van der Waals surface area contributed by atoms with Crippen molar-refractivity contribution >= 4 is 22.4 Å². The van der Waals surface area contributed by atoms with Gasteiger partial charge < -0.3 is 9.47 Å². The topological polar surface area (TPSA) is 76.6 Å². The Labute approximate surface area is 127 Å². The molecule has 0 unspecified atom stereocenters. The lowest BCUT2D eigenvalue weighted by molar-refractivity contribution is -0.185. The summed E-state index contributed by atoms with van der Waals surface area (Å²) in [7, 11) is 0. The molecule has 1 aromatic rings. The maximum atomic E-state index is 12.0. The van der Waals surface area contributed by atoms with Crippen LogP contribution in [0.4, 0.5) is 5.13 Å². The number of aromatic nitrogens is 2. The van der Waals surface area contributed by atoms with Gasteiger partial charge in [0, 0.05) is 25.9 Å². The molecule has 116 valence electrons. The van der Waals surface area contributed by atoms with Crippen LogP contribution in [0.1, 0.15) is 24.8 Å². The first-order valence-electron chi connectivity index (χ1n) is 7.32. The maximum Gasteiger partial charge on any atom is 0.240 e. The Balaban J connectivity index is 1.45. The fraction of sp³-hybridized carbons (Fsp3) is 0.769. The number of aryl methyl sites for hydroxylation is 1. The summed E-state index contributed by atoms with van der Waals surface area (Å²) in [6.45, 7) is 5.36. The van der Waals surface area contributed by atoms with Crippen LogP contribution in [0.15, 0.2) is 0 Å². The van der Waals surface area contributed by atoms with E-state index in [4.69, 9.17) is 9.47 Å². The Morgan fingerprint density at radius 1 is 1.33 bits per heavy atom. The first kappa shape index (κ1) is 14.8. The molecule has 0 aliphatic carbocycles. The number of rotatable bonds is 4. The number of hydrogen-bond donors (Lipinski definition) is 1. The molecular weight excluding hydrogens is 292 g/mol. The molecule has 2 fully saturated rings. The number of carbonyl (C=O) groups excluding carboxylic acids is 1. The van der Waals surface area contributed by atoms with Crippen LogP contribution in [-0.4, -0.2) is 59.6 Å². The average molecular weight is 312 g/mol. The minimum absolute atomic E-state index is 0.0435. The molecule has 8 heteroatoms. The van der Waals surface area contributed by atoms with Crippen molar-refractivity contribution in [1.29, 1.82) is 0 Å². The van der Waals surface area contributed by atoms with E-state index in [-0.39, 0.29) is 11.7 Å². The summed E-state index contributed by atoms with van der Waals surface area (Å²) in [5, 5.41) is 12.3. The van der Waals surface area contributed by atoms with Crippen LogP contribution in [0.5, 0.6) is 0 Å². The van der Waals surface area contributed by atoms with E-state index in [1.807, 2.05) is 6.92 Å². The van der Waals surface area contributed by atoms with Crippen LogP contribution in [0.2, 0.25) is 0 Å². The van der Waals surface area contributed by atoms with Gasteiger partial charge in [-0.1, -0.05) is 18.3 Å². The predicted octanol–water partition coefficient (Wildman–Crippen LogP) is 0.878. The van der Waals surface area contributed by atoms with Gasteiger partial charge in [0.25, 0.3) is 0 Å². The van der Waals surface area contributed by atoms with Gasteiger partial charge in [-0.3, -0.25) is 15.0 Å². The Kier molecular flexibility index (Phi) is 4.48. The monoisotopic (exact) mass is 312 g/mol. The number of ether oxygens (including phenoxy) is 2. The lowest BCUT2D eigenvalue weighted by Gasteiger charge is -2.37. The Morgan fingerprint density at radius 2 is 2.05 bits per heavy atom. The van der Waals surface area contributed by atoms with Crippen molar-refractivity contribution in [1.82, 2.24) is 15.1 Å². The number of nitrogens with one attached hydrogen (secondary N) is 1. The minimum Gasteiger partial charge on any atom is -0.347 e. The van der Waals surface area contributed by atoms with E-state index >= 15 is 0 Å². The van der Waals surface area contributed by atoms with Gasteiger partial charge in [-0.25, -0.2) is 0 Å². The molecule has 0 bridgehead atoms. The van der Waals surface area contributed by atoms with Crippen LogP contribution in [0.3, 0.4) is 0 Å². The molecule has 0 aromatic carbocycles. The Hall–Kier alpha value is -1.09. The van der Waals surface area contributed by atoms with Crippen molar-refractivity contribution in [2.24, 2.45) is 0 Å². The molecular formula is C13H20N4O3S. The van der Waals surface area contributed by atoms with E-state index in [1.165, 1.54) is 11.3 Å². The zero-order valence-electron chi connectivity index (χ0n) is 12.1. The quantitative estimate of drug-likeness (QED) is 0.889. The third-order valence-electron chi connectivity index (χ3n) is 3.81. The zero-order valence-corrected chi connectivity index (χ0v) is 12.9. The van der Waals surface area contributed by atoms with Crippen LogP contribution in [0.25, 0.3) is 0 Å². The van der Waals surface area contributed by atoms with Crippen LogP contribution >= 0.6 is 11.3 Å². The normalized spacial score (nSPS) is 21.8. The van der Waals surface area contributed by atoms with E-state index in [2.05, 4.69) is 20.4 Å². The fourth-order valence-electron chi connectivity index (χ4n) is 2.65. The predicted molar refractivity (Wildman–Crippen MR) is 78.2 cm³/mol. The summed E-state index contributed by atoms with van der Waals surface area (Å²) in [4.78, 5) is 14.1. The molecule has 3 rings (SSSR count). The van der Waals surface area contributed by atoms with Gasteiger partial charge in [0.05, 0.1) is 19.8 Å². The van der Waals surface area contributed by atoms with E-state index in [0.29, 0.717) is 24.9 Å². The number of likely N-dealkylation sites (tertiary alicyclic amines) is 1. The standard InChI is InChI=1S/C13H20N4O3S/c1-2-11-15-16-12(21-11)14-10(18)9-17-5-3-13(4-6-17)19-7-8-20-13/h2-9H2,1H3,(H,14,16,18). The van der Waals surface area contributed by atoms with Gasteiger partial charge in [0.1, 0.15) is 5.01 Å². The summed E-state index contributed by atoms with van der Waals surface area (Å²) in [6.07, 6.45) is 2.47. The van der Waals surface area contributed by atoms with Crippen LogP contribution in [-0.2, 0) is 20.7 Å². The molecule has 3 heterocycles. The summed E-state index contributed by atoms with van der Waals surface area (Å²) >= 11 is 1.43. The highest BCUT2D eigenvalue weighted by atomic mass is 32.1. The summed E-state index contributed by atoms with van der Waals surface area (Å²) in [5.74, 6) is -0.430. The molecule has 0 atom stereocenters. The lowest BCUT2D eigenvalue weighted by atomic mass is 10.0. The fourth-order valence-corrected chi connectivity index (χ4v) is 3.34. The highest BCUT2D eigenvalue weighted by molar-refractivity contribution is 7.15. The molecule has 1 amide bonds. The smallest absolute Gasteiger partial charge is 0.240 e. The second-order valence-electron chi connectivity index (χ2n) is 5.29. The van der Waals surface area contributed by atoms with Gasteiger partial charge in [0.15, 0.2) is 5.79 Å². The van der Waals surface area contributed by atoms with Crippen molar-refractivity contribution in [2.75, 3.05) is 38.2 Å². The van der Waals surface area contributed by atoms with E-state index in [9.17, 15) is 4.79 Å². The van der Waals surface area contributed by atoms with Crippen molar-refractivity contribution < 1.29 is 14.3 Å². The van der Waals surface area contributed by atoms with Gasteiger partial charge >= 0.3 is 0 Å². The number of nitrogens with zero attached hydrogens (tertiary/aromatic N) is 3. The van der Waals surface area contributed by atoms with Gasteiger partial charge in [0.2, 0.25) is 11.0 Å². The van der Waals surface area contributed by atoms with Gasteiger partial charge in [-0.15, -0.1) is 10.2 Å². The number of piperidine rings is 1. The molecule has 0 radical (unpaired) electrons. The number of anilines is 1. The third-order valence-corrected chi connectivity index (χ3v) is 4.80. The third kappa shape index (κ3) is 3.57. The van der Waals surface area contributed by atoms with Crippen LogP contribution < -0.4 is 5.32 Å². The van der Waals surface area contributed by atoms with Crippen molar-refractivity contribution in [3.8, 4) is 0 Å². The van der Waals surface area contributed by atoms with Crippen molar-refractivity contribution in [3.05, 3.63) is 5.01 Å². The number of carbonyl (C=O) groups is 1. The second kappa shape index (κ2) is 6.35. The zero-order chi connectivity index (χ0) is 14.7. The van der Waals surface area contributed by atoms with Gasteiger partial charge in [-0.2, -0.15) is 0 Å². The summed E-state index contributed by atoms with van der Waals surface area (Å²) in [5.41, 5.74) is 0. The maximum absolute atomic E-state index is 12.0. The second-order valence-corrected chi connectivity index (χ2v) is 6.35. The molecule has 1 aromatic heterocycles. The molecule has 21 heavy (non-hydrogen) atoms. The SMILES string of the molecule is CCc1nnc(NC(=O)CN2CCC3(CC2)OCCO3)s1. The van der Waals surface area contributed by atoms with Crippen molar-refractivity contribution in [3.63, 3.8) is 0 Å². The largest absolute Gasteiger partial charge is 0.347 e. The first-order valence-corrected chi connectivity index (χ1v) is 8.13. The Morgan fingerprint density at radius 3 is 2.67 bits per heavy atom. The molecule has 2 saturated heterocycles. The summed E-state index contributed by atoms with van der Waals surface area (Å²) in [6, 6.07) is 0. The van der Waals surface area contributed by atoms with E-state index in [0.717, 1.165) is 37.4 Å². The lowest BCUT2D eigenvalue weighted by Crippen LogP contribution is -2.47. The first-order chi connectivity index (χ1) is 10.2. The summed E-state index contributed by atoms with van der Waals surface area (Å²) < 4.78 is 11.4. The molecule has 0 saturated carbocycles. The van der Waals surface area contributed by atoms with Crippen molar-refractivity contribution in [2.45, 2.75) is 32.0 Å². The van der Waals surface area contributed by atoms with Crippen LogP contribution in [0, 0.1) is 0 Å². The highest BCUT2D eigenvalue weighted by Gasteiger charge is 2.39. The number of hydrogen-bond acceptors (Lipinski definition) is 7. The van der Waals surface area contributed by atoms with Gasteiger partial charge in [-0.05, 0) is 6.42 Å². The molecule has 7 nitrogen and oxygen atoms in total. The van der Waals surface area contributed by atoms with E-state index < -0.39 is 0 Å². The van der Waals surface area contributed by atoms with E-state index in [1.54, 1.807) is 0 Å². The molecule has 2 aliphatic heterocycles. The molecule has 1 N–H and O–H groups in total. The average Bonchev–Trinajstić information content (AvgIpc) is 3.11. The highest BCUT2D eigenvalue weighted by Crippen LogP contribution is 2.31. The number of amides is 1. The Bertz CT molecular complexity index is 491. The minimum atomic E-state index is -0.387. The molecule has 2 aliphatic rings.